The molecule has 160 valence electrons. The Morgan fingerprint density at radius 3 is 2.63 bits per heavy atom. The summed E-state index contributed by atoms with van der Waals surface area (Å²) in [6, 6.07) is 3.00. The third-order valence-corrected chi connectivity index (χ3v) is 7.42. The quantitative estimate of drug-likeness (QED) is 0.657. The number of nitrogens with two attached hydrogens (primary N) is 1. The highest BCUT2D eigenvalue weighted by atomic mass is 19.1. The van der Waals surface area contributed by atoms with Crippen LogP contribution in [0.1, 0.15) is 32.3 Å². The van der Waals surface area contributed by atoms with Gasteiger partial charge in [0.25, 0.3) is 0 Å². The van der Waals surface area contributed by atoms with E-state index in [-0.39, 0.29) is 22.6 Å². The number of carbonyl (C=O) groups excluding carboxylic acids is 1. The number of halogens is 2. The molecule has 2 aliphatic carbocycles. The number of carbonyl (C=O) groups is 1. The molecule has 6 nitrogen and oxygen atoms in total. The zero-order valence-corrected chi connectivity index (χ0v) is 17.1. The molecule has 1 aromatic carbocycles. The standard InChI is InChI=1S/C22H26F2N4O2/c1-21(2)13-6-7-22(21,17-11-28(20(27)29)8-9-30-17)19(26)12(13)10-16(25)18-14(23)4-3-5-15(18)24/h3-5,10,13,17,25-26H,6-9,11H2,1-2H3,(H2,27,29)/b12-10-,25-16?,26-19?/t13-,17+,22-/m0/s1. The Balaban J connectivity index is 1.72. The Kier molecular flexibility index (Phi) is 4.80. The molecule has 3 fully saturated rings. The first kappa shape index (κ1) is 20.7. The molecule has 1 aliphatic heterocycles. The number of nitrogens with zero attached hydrogens (tertiary/aromatic N) is 1. The minimum Gasteiger partial charge on any atom is -0.374 e. The number of benzene rings is 1. The van der Waals surface area contributed by atoms with Crippen molar-refractivity contribution >= 4 is 17.5 Å². The minimum atomic E-state index is -0.798. The molecule has 0 aromatic heterocycles. The van der Waals surface area contributed by atoms with E-state index >= 15 is 0 Å². The van der Waals surface area contributed by atoms with Crippen molar-refractivity contribution < 1.29 is 18.3 Å². The third-order valence-electron chi connectivity index (χ3n) is 7.42. The number of hydrogen-bond acceptors (Lipinski definition) is 4. The van der Waals surface area contributed by atoms with E-state index in [2.05, 4.69) is 13.8 Å². The molecule has 0 radical (unpaired) electrons. The van der Waals surface area contributed by atoms with Gasteiger partial charge in [0, 0.05) is 24.2 Å². The van der Waals surface area contributed by atoms with Gasteiger partial charge in [0.05, 0.1) is 24.0 Å². The summed E-state index contributed by atoms with van der Waals surface area (Å²) in [4.78, 5) is 13.3. The highest BCUT2D eigenvalue weighted by molar-refractivity contribution is 6.15. The Labute approximate surface area is 174 Å². The van der Waals surface area contributed by atoms with Gasteiger partial charge in [-0.1, -0.05) is 19.9 Å². The molecule has 3 atom stereocenters. The lowest BCUT2D eigenvalue weighted by molar-refractivity contribution is -0.0876. The molecule has 1 saturated heterocycles. The lowest BCUT2D eigenvalue weighted by Crippen LogP contribution is -2.57. The zero-order valence-electron chi connectivity index (χ0n) is 17.1. The van der Waals surface area contributed by atoms with Gasteiger partial charge in [-0.3, -0.25) is 0 Å². The molecule has 4 rings (SSSR count). The van der Waals surface area contributed by atoms with Crippen LogP contribution in [0, 0.1) is 39.2 Å². The van der Waals surface area contributed by atoms with E-state index in [0.29, 0.717) is 31.0 Å². The molecular formula is C22H26F2N4O2. The summed E-state index contributed by atoms with van der Waals surface area (Å²) in [6.07, 6.45) is 2.55. The largest absolute Gasteiger partial charge is 0.374 e. The van der Waals surface area contributed by atoms with Crippen LogP contribution in [0.2, 0.25) is 0 Å². The molecule has 2 bridgehead atoms. The number of morpholine rings is 1. The summed E-state index contributed by atoms with van der Waals surface area (Å²) in [5.41, 5.74) is 4.75. The summed E-state index contributed by atoms with van der Waals surface area (Å²) in [5, 5.41) is 17.3. The maximum atomic E-state index is 14.2. The molecular weight excluding hydrogens is 390 g/mol. The van der Waals surface area contributed by atoms with Gasteiger partial charge in [-0.2, -0.15) is 0 Å². The Hall–Kier alpha value is -2.61. The Bertz CT molecular complexity index is 954. The van der Waals surface area contributed by atoms with Crippen LogP contribution in [0.25, 0.3) is 0 Å². The molecule has 2 amide bonds. The Morgan fingerprint density at radius 2 is 2.00 bits per heavy atom. The van der Waals surface area contributed by atoms with Gasteiger partial charge in [-0.05, 0) is 48.0 Å². The highest BCUT2D eigenvalue weighted by Crippen LogP contribution is 2.68. The molecule has 2 saturated carbocycles. The molecule has 3 aliphatic rings. The van der Waals surface area contributed by atoms with Crippen molar-refractivity contribution in [3.63, 3.8) is 0 Å². The Morgan fingerprint density at radius 1 is 1.33 bits per heavy atom. The van der Waals surface area contributed by atoms with Gasteiger partial charge in [0.2, 0.25) is 0 Å². The fourth-order valence-electron chi connectivity index (χ4n) is 5.83. The van der Waals surface area contributed by atoms with Gasteiger partial charge in [0.1, 0.15) is 11.6 Å². The first-order chi connectivity index (χ1) is 14.1. The maximum Gasteiger partial charge on any atom is 0.314 e. The third kappa shape index (κ3) is 2.73. The molecule has 8 heteroatoms. The first-order valence-corrected chi connectivity index (χ1v) is 10.1. The molecule has 0 spiro atoms. The molecule has 30 heavy (non-hydrogen) atoms. The van der Waals surface area contributed by atoms with Crippen molar-refractivity contribution in [1.82, 2.24) is 4.90 Å². The highest BCUT2D eigenvalue weighted by Gasteiger charge is 2.68. The summed E-state index contributed by atoms with van der Waals surface area (Å²) in [6.45, 7) is 5.21. The number of fused-ring (bicyclic) bond motifs is 2. The van der Waals surface area contributed by atoms with Crippen molar-refractivity contribution in [2.75, 3.05) is 19.7 Å². The maximum absolute atomic E-state index is 14.2. The predicted molar refractivity (Wildman–Crippen MR) is 109 cm³/mol. The van der Waals surface area contributed by atoms with E-state index in [9.17, 15) is 13.6 Å². The van der Waals surface area contributed by atoms with Crippen LogP contribution < -0.4 is 5.73 Å². The number of hydrogen-bond donors (Lipinski definition) is 3. The number of primary amides is 1. The second-order valence-electron chi connectivity index (χ2n) is 8.91. The summed E-state index contributed by atoms with van der Waals surface area (Å²) in [5.74, 6) is -1.63. The molecule has 1 aromatic rings. The van der Waals surface area contributed by atoms with E-state index in [1.54, 1.807) is 0 Å². The monoisotopic (exact) mass is 416 g/mol. The SMILES string of the molecule is CC1(C)[C@H]2CC[C@]1([C@H]1CN(C(N)=O)CCO1)C(=N)/C2=C\C(=N)c1c(F)cccc1F. The van der Waals surface area contributed by atoms with Gasteiger partial charge < -0.3 is 26.2 Å². The normalized spacial score (nSPS) is 31.4. The number of rotatable bonds is 3. The first-order valence-electron chi connectivity index (χ1n) is 10.1. The van der Waals surface area contributed by atoms with Crippen molar-refractivity contribution in [1.29, 1.82) is 10.8 Å². The van der Waals surface area contributed by atoms with Crippen molar-refractivity contribution in [3.8, 4) is 0 Å². The van der Waals surface area contributed by atoms with Crippen LogP contribution in [-0.2, 0) is 4.74 Å². The minimum absolute atomic E-state index is 0.0345. The second kappa shape index (κ2) is 6.97. The fourth-order valence-corrected chi connectivity index (χ4v) is 5.83. The molecule has 0 unspecified atom stereocenters. The summed E-state index contributed by atoms with van der Waals surface area (Å²) < 4.78 is 34.4. The lowest BCUT2D eigenvalue weighted by Gasteiger charge is -2.47. The number of amides is 2. The van der Waals surface area contributed by atoms with Gasteiger partial charge in [-0.25, -0.2) is 13.6 Å². The van der Waals surface area contributed by atoms with Gasteiger partial charge in [-0.15, -0.1) is 0 Å². The zero-order chi connectivity index (χ0) is 21.8. The van der Waals surface area contributed by atoms with Crippen molar-refractivity contribution in [2.45, 2.75) is 32.8 Å². The number of ether oxygens (including phenoxy) is 1. The number of nitrogens with one attached hydrogen (secondary N) is 2. The number of urea groups is 1. The summed E-state index contributed by atoms with van der Waals surface area (Å²) in [7, 11) is 0. The number of allylic oxidation sites excluding steroid dienone is 2. The van der Waals surface area contributed by atoms with E-state index in [0.717, 1.165) is 25.0 Å². The smallest absolute Gasteiger partial charge is 0.314 e. The van der Waals surface area contributed by atoms with Crippen molar-refractivity contribution in [2.24, 2.45) is 22.5 Å². The van der Waals surface area contributed by atoms with Gasteiger partial charge in [0.15, 0.2) is 0 Å². The van der Waals surface area contributed by atoms with Crippen molar-refractivity contribution in [3.05, 3.63) is 47.0 Å². The van der Waals surface area contributed by atoms with Crippen LogP contribution in [0.3, 0.4) is 0 Å². The lowest BCUT2D eigenvalue weighted by atomic mass is 9.64. The average Bonchev–Trinajstić information content (AvgIpc) is 3.04. The van der Waals surface area contributed by atoms with Crippen LogP contribution in [-0.4, -0.2) is 48.2 Å². The second-order valence-corrected chi connectivity index (χ2v) is 8.91. The fraction of sp³-hybridized carbons (Fsp3) is 0.500. The topological polar surface area (TPSA) is 103 Å². The molecule has 4 N–H and O–H groups in total. The van der Waals surface area contributed by atoms with Crippen LogP contribution in [0.15, 0.2) is 29.8 Å². The van der Waals surface area contributed by atoms with Gasteiger partial charge >= 0.3 is 6.03 Å². The van der Waals surface area contributed by atoms with E-state index in [1.807, 2.05) is 0 Å². The molecule has 1 heterocycles. The predicted octanol–water partition coefficient (Wildman–Crippen LogP) is 3.49. The summed E-state index contributed by atoms with van der Waals surface area (Å²) >= 11 is 0. The average molecular weight is 416 g/mol. The van der Waals surface area contributed by atoms with E-state index in [1.165, 1.54) is 17.0 Å². The van der Waals surface area contributed by atoms with E-state index in [4.69, 9.17) is 21.3 Å². The van der Waals surface area contributed by atoms with Crippen LogP contribution >= 0.6 is 0 Å². The van der Waals surface area contributed by atoms with Crippen LogP contribution in [0.5, 0.6) is 0 Å². The van der Waals surface area contributed by atoms with Crippen LogP contribution in [0.4, 0.5) is 13.6 Å². The van der Waals surface area contributed by atoms with E-state index < -0.39 is 29.2 Å².